The molecule has 30 heavy (non-hydrogen) atoms. The van der Waals surface area contributed by atoms with E-state index in [4.69, 9.17) is 0 Å². The highest BCUT2D eigenvalue weighted by Gasteiger charge is 2.31. The summed E-state index contributed by atoms with van der Waals surface area (Å²) in [4.78, 5) is 27.6. The Hall–Kier alpha value is -2.42. The predicted molar refractivity (Wildman–Crippen MR) is 108 cm³/mol. The average Bonchev–Trinajstić information content (AvgIpc) is 2.68. The highest BCUT2D eigenvalue weighted by Crippen LogP contribution is 2.32. The zero-order valence-electron chi connectivity index (χ0n) is 17.4. The second-order valence-corrected chi connectivity index (χ2v) is 8.06. The van der Waals surface area contributed by atoms with Gasteiger partial charge in [-0.25, -0.2) is 4.68 Å². The summed E-state index contributed by atoms with van der Waals surface area (Å²) >= 11 is 0. The number of amides is 1. The first-order valence-electron chi connectivity index (χ1n) is 10.2. The predicted octanol–water partition coefficient (Wildman–Crippen LogP) is 3.14. The van der Waals surface area contributed by atoms with Crippen molar-refractivity contribution in [3.8, 4) is 0 Å². The monoisotopic (exact) mass is 424 g/mol. The number of alkyl halides is 3. The maximum Gasteiger partial charge on any atom is 0.416 e. The maximum atomic E-state index is 13.1. The Labute approximate surface area is 173 Å². The summed E-state index contributed by atoms with van der Waals surface area (Å²) in [5.41, 5.74) is -1.04. The van der Waals surface area contributed by atoms with E-state index < -0.39 is 17.3 Å². The molecule has 2 aromatic rings. The Kier molecular flexibility index (Phi) is 6.50. The highest BCUT2D eigenvalue weighted by atomic mass is 19.4. The molecule has 0 bridgehead atoms. The number of carbonyl (C=O) groups excluding carboxylic acids is 1. The molecule has 1 amide bonds. The van der Waals surface area contributed by atoms with Crippen LogP contribution in [-0.2, 0) is 17.5 Å². The lowest BCUT2D eigenvalue weighted by Crippen LogP contribution is -2.48. The minimum absolute atomic E-state index is 0.0151. The van der Waals surface area contributed by atoms with Gasteiger partial charge in [0.1, 0.15) is 6.54 Å². The van der Waals surface area contributed by atoms with Gasteiger partial charge in [0, 0.05) is 18.0 Å². The minimum Gasteiger partial charge on any atom is -0.350 e. The van der Waals surface area contributed by atoms with Crippen LogP contribution in [0.25, 0.3) is 10.8 Å². The van der Waals surface area contributed by atoms with E-state index in [2.05, 4.69) is 22.2 Å². The Morgan fingerprint density at radius 1 is 1.30 bits per heavy atom. The number of aromatic nitrogens is 2. The lowest BCUT2D eigenvalue weighted by molar-refractivity contribution is -0.137. The summed E-state index contributed by atoms with van der Waals surface area (Å²) in [5, 5.41) is 7.51. The summed E-state index contributed by atoms with van der Waals surface area (Å²) in [5.74, 6) is -0.545. The molecule has 0 spiro atoms. The van der Waals surface area contributed by atoms with E-state index in [9.17, 15) is 22.8 Å². The molecule has 1 aliphatic heterocycles. The Bertz CT molecular complexity index is 985. The second kappa shape index (κ2) is 8.75. The normalized spacial score (nSPS) is 18.2. The van der Waals surface area contributed by atoms with Crippen LogP contribution in [0, 0.1) is 0 Å². The molecule has 164 valence electrons. The molecular weight excluding hydrogens is 397 g/mol. The third-order valence-electron chi connectivity index (χ3n) is 5.47. The first kappa shape index (κ1) is 22.3. The SMILES string of the molecule is CCN1CCC[C@H](NC(=O)Cn2nc(C(C)C)c3cc(C(F)(F)F)ccc3c2=O)C1. The number of benzene rings is 1. The molecule has 0 radical (unpaired) electrons. The number of nitrogens with zero attached hydrogens (tertiary/aromatic N) is 3. The number of halogens is 3. The van der Waals surface area contributed by atoms with Gasteiger partial charge in [-0.2, -0.15) is 18.3 Å². The van der Waals surface area contributed by atoms with Crippen molar-refractivity contribution in [2.24, 2.45) is 0 Å². The number of carbonyl (C=O) groups is 1. The first-order chi connectivity index (χ1) is 14.1. The Morgan fingerprint density at radius 2 is 2.03 bits per heavy atom. The molecule has 1 N–H and O–H groups in total. The van der Waals surface area contributed by atoms with Gasteiger partial charge in [-0.05, 0) is 50.0 Å². The number of rotatable bonds is 5. The summed E-state index contributed by atoms with van der Waals surface area (Å²) in [7, 11) is 0. The van der Waals surface area contributed by atoms with E-state index >= 15 is 0 Å². The fraction of sp³-hybridized carbons (Fsp3) is 0.571. The van der Waals surface area contributed by atoms with E-state index in [1.54, 1.807) is 13.8 Å². The number of nitrogens with one attached hydrogen (secondary N) is 1. The van der Waals surface area contributed by atoms with Gasteiger partial charge in [-0.1, -0.05) is 20.8 Å². The van der Waals surface area contributed by atoms with Gasteiger partial charge in [-0.15, -0.1) is 0 Å². The number of fused-ring (bicyclic) bond motifs is 1. The topological polar surface area (TPSA) is 67.2 Å². The third kappa shape index (κ3) is 4.83. The zero-order chi connectivity index (χ0) is 22.1. The smallest absolute Gasteiger partial charge is 0.350 e. The molecule has 1 saturated heterocycles. The van der Waals surface area contributed by atoms with Gasteiger partial charge < -0.3 is 10.2 Å². The Morgan fingerprint density at radius 3 is 2.67 bits per heavy atom. The van der Waals surface area contributed by atoms with Gasteiger partial charge in [-0.3, -0.25) is 9.59 Å². The van der Waals surface area contributed by atoms with Gasteiger partial charge >= 0.3 is 6.18 Å². The number of likely N-dealkylation sites (tertiary alicyclic amines) is 1. The van der Waals surface area contributed by atoms with Gasteiger partial charge in [0.2, 0.25) is 5.91 Å². The summed E-state index contributed by atoms with van der Waals surface area (Å²) < 4.78 is 40.4. The summed E-state index contributed by atoms with van der Waals surface area (Å²) in [6.07, 6.45) is -2.64. The lowest BCUT2D eigenvalue weighted by Gasteiger charge is -2.32. The third-order valence-corrected chi connectivity index (χ3v) is 5.47. The standard InChI is InChI=1S/C21H27F3N4O2/c1-4-27-9-5-6-15(11-27)25-18(29)12-28-20(30)16-8-7-14(21(22,23)24)10-17(16)19(26-28)13(2)3/h7-8,10,13,15H,4-6,9,11-12H2,1-3H3,(H,25,29)/t15-/m0/s1. The van der Waals surface area contributed by atoms with Gasteiger partial charge in [0.25, 0.3) is 5.56 Å². The second-order valence-electron chi connectivity index (χ2n) is 8.06. The molecule has 1 atom stereocenters. The molecule has 9 heteroatoms. The molecule has 3 rings (SSSR count). The van der Waals surface area contributed by atoms with Gasteiger partial charge in [0.15, 0.2) is 0 Å². The highest BCUT2D eigenvalue weighted by molar-refractivity contribution is 5.85. The molecule has 1 aromatic carbocycles. The number of hydrogen-bond donors (Lipinski definition) is 1. The zero-order valence-corrected chi connectivity index (χ0v) is 17.4. The van der Waals surface area contributed by atoms with Crippen molar-refractivity contribution in [2.45, 2.75) is 58.3 Å². The van der Waals surface area contributed by atoms with Crippen molar-refractivity contribution in [3.05, 3.63) is 39.8 Å². The van der Waals surface area contributed by atoms with E-state index in [1.165, 1.54) is 6.07 Å². The molecule has 1 aliphatic rings. The van der Waals surface area contributed by atoms with Crippen LogP contribution in [0.4, 0.5) is 13.2 Å². The summed E-state index contributed by atoms with van der Waals surface area (Å²) in [6, 6.07) is 3.04. The molecule has 2 heterocycles. The van der Waals surface area contributed by atoms with Crippen LogP contribution in [0.3, 0.4) is 0 Å². The Balaban J connectivity index is 1.90. The van der Waals surface area contributed by atoms with E-state index in [1.807, 2.05) is 0 Å². The minimum atomic E-state index is -4.51. The van der Waals surface area contributed by atoms with Crippen molar-refractivity contribution >= 4 is 16.7 Å². The maximum absolute atomic E-state index is 13.1. The van der Waals surface area contributed by atoms with Crippen LogP contribution in [-0.4, -0.2) is 46.3 Å². The van der Waals surface area contributed by atoms with E-state index in [0.717, 1.165) is 49.3 Å². The molecule has 1 aromatic heterocycles. The van der Waals surface area contributed by atoms with E-state index in [-0.39, 0.29) is 35.2 Å². The largest absolute Gasteiger partial charge is 0.416 e. The van der Waals surface area contributed by atoms with Crippen molar-refractivity contribution in [1.82, 2.24) is 20.0 Å². The van der Waals surface area contributed by atoms with Crippen molar-refractivity contribution in [3.63, 3.8) is 0 Å². The van der Waals surface area contributed by atoms with Crippen molar-refractivity contribution in [1.29, 1.82) is 0 Å². The number of hydrogen-bond acceptors (Lipinski definition) is 4. The number of piperidine rings is 1. The van der Waals surface area contributed by atoms with Crippen LogP contribution >= 0.6 is 0 Å². The fourth-order valence-electron chi connectivity index (χ4n) is 3.89. The average molecular weight is 424 g/mol. The van der Waals surface area contributed by atoms with Crippen LogP contribution in [0.5, 0.6) is 0 Å². The first-order valence-corrected chi connectivity index (χ1v) is 10.2. The summed E-state index contributed by atoms with van der Waals surface area (Å²) in [6.45, 7) is 8.07. The van der Waals surface area contributed by atoms with Crippen molar-refractivity contribution < 1.29 is 18.0 Å². The van der Waals surface area contributed by atoms with Crippen LogP contribution < -0.4 is 10.9 Å². The van der Waals surface area contributed by atoms with Crippen LogP contribution in [0.1, 0.15) is 50.8 Å². The van der Waals surface area contributed by atoms with Crippen molar-refractivity contribution in [2.75, 3.05) is 19.6 Å². The molecule has 1 fully saturated rings. The van der Waals surface area contributed by atoms with E-state index in [0.29, 0.717) is 5.69 Å². The molecular formula is C21H27F3N4O2. The van der Waals surface area contributed by atoms with Crippen LogP contribution in [0.15, 0.2) is 23.0 Å². The fourth-order valence-corrected chi connectivity index (χ4v) is 3.89. The quantitative estimate of drug-likeness (QED) is 0.801. The van der Waals surface area contributed by atoms with Crippen LogP contribution in [0.2, 0.25) is 0 Å². The number of likely N-dealkylation sites (N-methyl/N-ethyl adjacent to an activating group) is 1. The lowest BCUT2D eigenvalue weighted by atomic mass is 10.0. The molecule has 0 unspecified atom stereocenters. The van der Waals surface area contributed by atoms with Gasteiger partial charge in [0.05, 0.1) is 16.6 Å². The molecule has 0 saturated carbocycles. The molecule has 6 nitrogen and oxygen atoms in total. The molecule has 0 aliphatic carbocycles.